The standard InChI is InChI=1S/C14H18F4N2/c1-9(7-10-3-2-6-19-10)20-11-4-5-13(15)12(8-11)14(16,17)18/h4-5,8-10,19-20H,2-3,6-7H2,1H3. The van der Waals surface area contributed by atoms with E-state index >= 15 is 0 Å². The molecule has 0 amide bonds. The Kier molecular flexibility index (Phi) is 4.52. The summed E-state index contributed by atoms with van der Waals surface area (Å²) in [5.41, 5.74) is -0.932. The first kappa shape index (κ1) is 15.1. The fraction of sp³-hybridized carbons (Fsp3) is 0.571. The Morgan fingerprint density at radius 3 is 2.75 bits per heavy atom. The normalized spacial score (nSPS) is 20.9. The first-order chi connectivity index (χ1) is 9.36. The summed E-state index contributed by atoms with van der Waals surface area (Å²) in [5, 5.41) is 6.34. The van der Waals surface area contributed by atoms with Crippen LogP contribution in [0.25, 0.3) is 0 Å². The maximum Gasteiger partial charge on any atom is 0.419 e. The molecule has 1 aromatic carbocycles. The second-order valence-electron chi connectivity index (χ2n) is 5.27. The fourth-order valence-corrected chi connectivity index (χ4v) is 2.56. The molecule has 1 fully saturated rings. The van der Waals surface area contributed by atoms with E-state index in [9.17, 15) is 17.6 Å². The number of halogens is 4. The lowest BCUT2D eigenvalue weighted by Crippen LogP contribution is -2.29. The van der Waals surface area contributed by atoms with Crippen molar-refractivity contribution in [3.63, 3.8) is 0 Å². The van der Waals surface area contributed by atoms with Crippen LogP contribution in [0.15, 0.2) is 18.2 Å². The fourth-order valence-electron chi connectivity index (χ4n) is 2.56. The van der Waals surface area contributed by atoms with Crippen molar-refractivity contribution in [2.24, 2.45) is 0 Å². The van der Waals surface area contributed by atoms with Crippen molar-refractivity contribution in [1.29, 1.82) is 0 Å². The van der Waals surface area contributed by atoms with E-state index in [0.717, 1.165) is 37.9 Å². The predicted octanol–water partition coefficient (Wildman–Crippen LogP) is 3.79. The van der Waals surface area contributed by atoms with Crippen molar-refractivity contribution in [1.82, 2.24) is 5.32 Å². The van der Waals surface area contributed by atoms with Gasteiger partial charge in [0.1, 0.15) is 5.82 Å². The first-order valence-electron chi connectivity index (χ1n) is 6.73. The Morgan fingerprint density at radius 1 is 1.40 bits per heavy atom. The zero-order valence-electron chi connectivity index (χ0n) is 11.2. The summed E-state index contributed by atoms with van der Waals surface area (Å²) in [5.74, 6) is -1.24. The Hall–Kier alpha value is -1.30. The van der Waals surface area contributed by atoms with E-state index in [1.807, 2.05) is 6.92 Å². The van der Waals surface area contributed by atoms with Crippen LogP contribution in [0.5, 0.6) is 0 Å². The summed E-state index contributed by atoms with van der Waals surface area (Å²) in [6.45, 7) is 2.91. The van der Waals surface area contributed by atoms with Crippen LogP contribution in [0, 0.1) is 5.82 Å². The number of anilines is 1. The molecule has 0 spiro atoms. The second-order valence-corrected chi connectivity index (χ2v) is 5.27. The van der Waals surface area contributed by atoms with E-state index in [-0.39, 0.29) is 6.04 Å². The van der Waals surface area contributed by atoms with Crippen LogP contribution in [0.2, 0.25) is 0 Å². The summed E-state index contributed by atoms with van der Waals surface area (Å²) in [4.78, 5) is 0. The molecule has 112 valence electrons. The highest BCUT2D eigenvalue weighted by Crippen LogP contribution is 2.33. The minimum atomic E-state index is -4.67. The van der Waals surface area contributed by atoms with E-state index in [2.05, 4.69) is 10.6 Å². The van der Waals surface area contributed by atoms with Crippen LogP contribution in [-0.2, 0) is 6.18 Å². The van der Waals surface area contributed by atoms with Gasteiger partial charge in [-0.05, 0) is 50.9 Å². The Bertz CT molecular complexity index is 453. The van der Waals surface area contributed by atoms with Crippen LogP contribution < -0.4 is 10.6 Å². The quantitative estimate of drug-likeness (QED) is 0.824. The third-order valence-electron chi connectivity index (χ3n) is 3.49. The molecule has 0 radical (unpaired) electrons. The minimum absolute atomic E-state index is 0.0251. The van der Waals surface area contributed by atoms with Crippen molar-refractivity contribution in [3.8, 4) is 0 Å². The van der Waals surface area contributed by atoms with Crippen molar-refractivity contribution in [2.75, 3.05) is 11.9 Å². The van der Waals surface area contributed by atoms with E-state index in [4.69, 9.17) is 0 Å². The third-order valence-corrected chi connectivity index (χ3v) is 3.49. The maximum absolute atomic E-state index is 13.2. The van der Waals surface area contributed by atoms with Gasteiger partial charge in [0.05, 0.1) is 5.56 Å². The topological polar surface area (TPSA) is 24.1 Å². The molecule has 2 unspecified atom stereocenters. The number of benzene rings is 1. The lowest BCUT2D eigenvalue weighted by molar-refractivity contribution is -0.139. The van der Waals surface area contributed by atoms with Gasteiger partial charge in [-0.1, -0.05) is 0 Å². The largest absolute Gasteiger partial charge is 0.419 e. The molecule has 0 saturated carbocycles. The van der Waals surface area contributed by atoms with Crippen LogP contribution >= 0.6 is 0 Å². The average molecular weight is 290 g/mol. The number of nitrogens with one attached hydrogen (secondary N) is 2. The molecular formula is C14H18F4N2. The lowest BCUT2D eigenvalue weighted by Gasteiger charge is -2.20. The van der Waals surface area contributed by atoms with Crippen LogP contribution in [0.1, 0.15) is 31.7 Å². The van der Waals surface area contributed by atoms with E-state index in [0.29, 0.717) is 11.7 Å². The molecule has 2 nitrogen and oxygen atoms in total. The molecular weight excluding hydrogens is 272 g/mol. The van der Waals surface area contributed by atoms with Gasteiger partial charge in [-0.2, -0.15) is 13.2 Å². The Balaban J connectivity index is 2.01. The minimum Gasteiger partial charge on any atom is -0.383 e. The van der Waals surface area contributed by atoms with Crippen LogP contribution in [0.4, 0.5) is 23.2 Å². The first-order valence-corrected chi connectivity index (χ1v) is 6.73. The number of hydrogen-bond acceptors (Lipinski definition) is 2. The van der Waals surface area contributed by atoms with Gasteiger partial charge in [-0.3, -0.25) is 0 Å². The molecule has 0 aliphatic carbocycles. The van der Waals surface area contributed by atoms with Crippen LogP contribution in [-0.4, -0.2) is 18.6 Å². The van der Waals surface area contributed by atoms with Gasteiger partial charge < -0.3 is 10.6 Å². The lowest BCUT2D eigenvalue weighted by atomic mass is 10.1. The van der Waals surface area contributed by atoms with Gasteiger partial charge in [-0.25, -0.2) is 4.39 Å². The molecule has 20 heavy (non-hydrogen) atoms. The van der Waals surface area contributed by atoms with Crippen molar-refractivity contribution in [3.05, 3.63) is 29.6 Å². The molecule has 0 aromatic heterocycles. The van der Waals surface area contributed by atoms with E-state index < -0.39 is 17.6 Å². The number of hydrogen-bond donors (Lipinski definition) is 2. The van der Waals surface area contributed by atoms with Gasteiger partial charge in [-0.15, -0.1) is 0 Å². The van der Waals surface area contributed by atoms with E-state index in [1.165, 1.54) is 6.07 Å². The Morgan fingerprint density at radius 2 is 2.15 bits per heavy atom. The van der Waals surface area contributed by atoms with Gasteiger partial charge in [0, 0.05) is 17.8 Å². The SMILES string of the molecule is CC(CC1CCCN1)Nc1ccc(F)c(C(F)(F)F)c1. The molecule has 1 saturated heterocycles. The van der Waals surface area contributed by atoms with Crippen molar-refractivity contribution >= 4 is 5.69 Å². The van der Waals surface area contributed by atoms with Gasteiger partial charge in [0.15, 0.2) is 0 Å². The highest BCUT2D eigenvalue weighted by molar-refractivity contribution is 5.47. The second kappa shape index (κ2) is 5.99. The molecule has 2 atom stereocenters. The summed E-state index contributed by atoms with van der Waals surface area (Å²) in [6.07, 6.45) is -1.62. The molecule has 1 aliphatic rings. The molecule has 2 N–H and O–H groups in total. The summed E-state index contributed by atoms with van der Waals surface area (Å²) < 4.78 is 51.0. The molecule has 6 heteroatoms. The molecule has 1 aromatic rings. The number of alkyl halides is 3. The monoisotopic (exact) mass is 290 g/mol. The highest BCUT2D eigenvalue weighted by Gasteiger charge is 2.34. The smallest absolute Gasteiger partial charge is 0.383 e. The summed E-state index contributed by atoms with van der Waals surface area (Å²) in [6, 6.07) is 3.44. The van der Waals surface area contributed by atoms with Crippen molar-refractivity contribution < 1.29 is 17.6 Å². The van der Waals surface area contributed by atoms with Gasteiger partial charge >= 0.3 is 6.18 Å². The van der Waals surface area contributed by atoms with Gasteiger partial charge in [0.25, 0.3) is 0 Å². The number of rotatable bonds is 4. The highest BCUT2D eigenvalue weighted by atomic mass is 19.4. The average Bonchev–Trinajstić information content (AvgIpc) is 2.83. The molecule has 0 bridgehead atoms. The molecule has 1 heterocycles. The van der Waals surface area contributed by atoms with Crippen molar-refractivity contribution in [2.45, 2.75) is 44.4 Å². The third kappa shape index (κ3) is 3.85. The maximum atomic E-state index is 13.2. The zero-order chi connectivity index (χ0) is 14.8. The van der Waals surface area contributed by atoms with Crippen LogP contribution in [0.3, 0.4) is 0 Å². The Labute approximate surface area is 115 Å². The zero-order valence-corrected chi connectivity index (χ0v) is 11.2. The summed E-state index contributed by atoms with van der Waals surface area (Å²) in [7, 11) is 0. The predicted molar refractivity (Wildman–Crippen MR) is 70.1 cm³/mol. The summed E-state index contributed by atoms with van der Waals surface area (Å²) >= 11 is 0. The molecule has 2 rings (SSSR count). The van der Waals surface area contributed by atoms with E-state index in [1.54, 1.807) is 0 Å². The van der Waals surface area contributed by atoms with Gasteiger partial charge in [0.2, 0.25) is 0 Å². The molecule has 1 aliphatic heterocycles.